The predicted molar refractivity (Wildman–Crippen MR) is 52.8 cm³/mol. The van der Waals surface area contributed by atoms with Crippen LogP contribution in [0.5, 0.6) is 0 Å². The number of anilines is 1. The van der Waals surface area contributed by atoms with E-state index in [1.807, 2.05) is 0 Å². The first-order valence-electron chi connectivity index (χ1n) is 5.00. The lowest BCUT2D eigenvalue weighted by molar-refractivity contribution is 0.265. The van der Waals surface area contributed by atoms with Crippen LogP contribution in [0.25, 0.3) is 0 Å². The molecule has 1 aliphatic rings. The molecule has 0 amide bonds. The summed E-state index contributed by atoms with van der Waals surface area (Å²) in [5.41, 5.74) is 5.41. The summed E-state index contributed by atoms with van der Waals surface area (Å²) in [6.07, 6.45) is 1.08. The number of nitrogen functional groups attached to an aromatic ring is 1. The van der Waals surface area contributed by atoms with Crippen molar-refractivity contribution in [3.8, 4) is 0 Å². The van der Waals surface area contributed by atoms with E-state index in [9.17, 15) is 0 Å². The van der Waals surface area contributed by atoms with E-state index in [0.29, 0.717) is 17.9 Å². The van der Waals surface area contributed by atoms with Crippen molar-refractivity contribution in [2.45, 2.75) is 32.2 Å². The first kappa shape index (κ1) is 9.45. The molecule has 2 rings (SSSR count). The van der Waals surface area contributed by atoms with Gasteiger partial charge in [-0.25, -0.2) is 0 Å². The lowest BCUT2D eigenvalue weighted by Crippen LogP contribution is -2.27. The van der Waals surface area contributed by atoms with E-state index in [4.69, 9.17) is 10.3 Å². The molecule has 14 heavy (non-hydrogen) atoms. The van der Waals surface area contributed by atoms with Gasteiger partial charge < -0.3 is 15.2 Å². The Balaban J connectivity index is 2.02. The fourth-order valence-corrected chi connectivity index (χ4v) is 1.87. The van der Waals surface area contributed by atoms with Gasteiger partial charge in [-0.3, -0.25) is 0 Å². The summed E-state index contributed by atoms with van der Waals surface area (Å²) >= 11 is 0. The monoisotopic (exact) mass is 196 g/mol. The second-order valence-corrected chi connectivity index (χ2v) is 4.07. The van der Waals surface area contributed by atoms with Gasteiger partial charge in [0, 0.05) is 12.6 Å². The second-order valence-electron chi connectivity index (χ2n) is 4.07. The summed E-state index contributed by atoms with van der Waals surface area (Å²) in [6.45, 7) is 6.50. The van der Waals surface area contributed by atoms with E-state index in [1.165, 1.54) is 0 Å². The molecule has 0 saturated carbocycles. The van der Waals surface area contributed by atoms with E-state index in [1.54, 1.807) is 0 Å². The summed E-state index contributed by atoms with van der Waals surface area (Å²) in [5.74, 6) is 1.29. The molecule has 0 bridgehead atoms. The van der Waals surface area contributed by atoms with Gasteiger partial charge in [-0.05, 0) is 32.0 Å². The van der Waals surface area contributed by atoms with E-state index >= 15 is 0 Å². The van der Waals surface area contributed by atoms with Crippen LogP contribution in [0.2, 0.25) is 0 Å². The Morgan fingerprint density at radius 3 is 2.86 bits per heavy atom. The number of rotatable bonds is 2. The zero-order chi connectivity index (χ0) is 10.1. The summed E-state index contributed by atoms with van der Waals surface area (Å²) in [5, 5.41) is 3.60. The van der Waals surface area contributed by atoms with Crippen LogP contribution in [0, 0.1) is 0 Å². The molecule has 2 heterocycles. The highest BCUT2D eigenvalue weighted by atomic mass is 16.5. The van der Waals surface area contributed by atoms with E-state index in [0.717, 1.165) is 19.5 Å². The van der Waals surface area contributed by atoms with E-state index in [2.05, 4.69) is 28.9 Å². The third kappa shape index (κ3) is 1.72. The van der Waals surface area contributed by atoms with Gasteiger partial charge in [-0.2, -0.15) is 4.98 Å². The van der Waals surface area contributed by atoms with Gasteiger partial charge in [0.15, 0.2) is 0 Å². The van der Waals surface area contributed by atoms with Gasteiger partial charge >= 0.3 is 0 Å². The molecule has 0 aliphatic carbocycles. The molecule has 78 valence electrons. The minimum absolute atomic E-state index is 0.239. The van der Waals surface area contributed by atoms with Crippen molar-refractivity contribution in [1.82, 2.24) is 15.0 Å². The maximum Gasteiger partial charge on any atom is 0.260 e. The van der Waals surface area contributed by atoms with Crippen molar-refractivity contribution in [3.05, 3.63) is 5.89 Å². The number of hydrogen-bond acceptors (Lipinski definition) is 5. The Morgan fingerprint density at radius 1 is 1.57 bits per heavy atom. The Labute approximate surface area is 83.3 Å². The Morgan fingerprint density at radius 2 is 2.36 bits per heavy atom. The van der Waals surface area contributed by atoms with Crippen LogP contribution < -0.4 is 5.73 Å². The molecule has 0 radical (unpaired) electrons. The smallest absolute Gasteiger partial charge is 0.260 e. The zero-order valence-corrected chi connectivity index (χ0v) is 8.60. The Kier molecular flexibility index (Phi) is 2.41. The fourth-order valence-electron chi connectivity index (χ4n) is 1.87. The van der Waals surface area contributed by atoms with Gasteiger partial charge in [0.05, 0.1) is 5.92 Å². The average Bonchev–Trinajstić information content (AvgIpc) is 2.70. The van der Waals surface area contributed by atoms with Crippen LogP contribution in [0.15, 0.2) is 4.52 Å². The lowest BCUT2D eigenvalue weighted by Gasteiger charge is -2.19. The van der Waals surface area contributed by atoms with Crippen molar-refractivity contribution >= 4 is 5.95 Å². The Hall–Kier alpha value is -1.10. The molecule has 1 aromatic heterocycles. The average molecular weight is 196 g/mol. The van der Waals surface area contributed by atoms with Crippen molar-refractivity contribution in [2.75, 3.05) is 18.8 Å². The number of likely N-dealkylation sites (tertiary alicyclic amines) is 1. The Bertz CT molecular complexity index is 310. The molecule has 5 nitrogen and oxygen atoms in total. The van der Waals surface area contributed by atoms with E-state index in [-0.39, 0.29) is 5.95 Å². The van der Waals surface area contributed by atoms with Crippen LogP contribution in [-0.4, -0.2) is 34.2 Å². The molecule has 1 fully saturated rings. The maximum absolute atomic E-state index is 5.41. The van der Waals surface area contributed by atoms with Gasteiger partial charge in [-0.1, -0.05) is 0 Å². The molecular formula is C9H16N4O. The zero-order valence-electron chi connectivity index (χ0n) is 8.60. The van der Waals surface area contributed by atoms with Crippen molar-refractivity contribution in [1.29, 1.82) is 0 Å². The number of nitrogens with two attached hydrogens (primary N) is 1. The fraction of sp³-hybridized carbons (Fsp3) is 0.778. The van der Waals surface area contributed by atoms with Crippen LogP contribution in [0.3, 0.4) is 0 Å². The summed E-state index contributed by atoms with van der Waals surface area (Å²) < 4.78 is 5.06. The molecule has 1 atom stereocenters. The first-order valence-corrected chi connectivity index (χ1v) is 5.00. The van der Waals surface area contributed by atoms with Gasteiger partial charge in [0.25, 0.3) is 5.95 Å². The topological polar surface area (TPSA) is 68.2 Å². The molecule has 1 saturated heterocycles. The van der Waals surface area contributed by atoms with Gasteiger partial charge in [0.1, 0.15) is 0 Å². The van der Waals surface area contributed by atoms with Crippen molar-refractivity contribution < 1.29 is 4.52 Å². The maximum atomic E-state index is 5.41. The summed E-state index contributed by atoms with van der Waals surface area (Å²) in [4.78, 5) is 6.47. The largest absolute Gasteiger partial charge is 0.365 e. The highest BCUT2D eigenvalue weighted by molar-refractivity contribution is 5.13. The third-order valence-electron chi connectivity index (χ3n) is 2.76. The standard InChI is InChI=1S/C9H16N4O/c1-6(2)13-4-3-7(5-13)8-11-9(10)12-14-8/h6-7H,3-5H2,1-2H3,(H2,10,12). The summed E-state index contributed by atoms with van der Waals surface area (Å²) in [6, 6.07) is 0.584. The molecule has 0 spiro atoms. The normalized spacial score (nSPS) is 23.5. The highest BCUT2D eigenvalue weighted by Crippen LogP contribution is 2.27. The SMILES string of the molecule is CC(C)N1CCC(c2nc(N)no2)C1. The van der Waals surface area contributed by atoms with Gasteiger partial charge in [-0.15, -0.1) is 0 Å². The molecular weight excluding hydrogens is 180 g/mol. The molecule has 1 aliphatic heterocycles. The second kappa shape index (κ2) is 3.57. The minimum Gasteiger partial charge on any atom is -0.365 e. The lowest BCUT2D eigenvalue weighted by atomic mass is 10.1. The number of nitrogens with zero attached hydrogens (tertiary/aromatic N) is 3. The molecule has 1 unspecified atom stereocenters. The van der Waals surface area contributed by atoms with Crippen molar-refractivity contribution in [2.24, 2.45) is 0 Å². The molecule has 0 aromatic carbocycles. The predicted octanol–water partition coefficient (Wildman–Crippen LogP) is 0.850. The van der Waals surface area contributed by atoms with Crippen molar-refractivity contribution in [3.63, 3.8) is 0 Å². The molecule has 5 heteroatoms. The van der Waals surface area contributed by atoms with Crippen LogP contribution in [0.1, 0.15) is 32.1 Å². The first-order chi connectivity index (χ1) is 6.66. The number of aromatic nitrogens is 2. The number of hydrogen-bond donors (Lipinski definition) is 1. The highest BCUT2D eigenvalue weighted by Gasteiger charge is 2.29. The quantitative estimate of drug-likeness (QED) is 0.759. The van der Waals surface area contributed by atoms with Gasteiger partial charge in [0.2, 0.25) is 5.89 Å². The van der Waals surface area contributed by atoms with E-state index < -0.39 is 0 Å². The van der Waals surface area contributed by atoms with Crippen LogP contribution >= 0.6 is 0 Å². The molecule has 1 aromatic rings. The summed E-state index contributed by atoms with van der Waals surface area (Å²) in [7, 11) is 0. The minimum atomic E-state index is 0.239. The van der Waals surface area contributed by atoms with Crippen LogP contribution in [-0.2, 0) is 0 Å². The molecule has 2 N–H and O–H groups in total. The third-order valence-corrected chi connectivity index (χ3v) is 2.76. The van der Waals surface area contributed by atoms with Crippen LogP contribution in [0.4, 0.5) is 5.95 Å².